The van der Waals surface area contributed by atoms with Crippen LogP contribution in [0.2, 0.25) is 0 Å². The Morgan fingerprint density at radius 2 is 2.08 bits per heavy atom. The maximum atomic E-state index is 13.1. The van der Waals surface area contributed by atoms with Crippen molar-refractivity contribution in [3.8, 4) is 0 Å². The maximum Gasteiger partial charge on any atom is 0.285 e. The molecule has 0 spiro atoms. The summed E-state index contributed by atoms with van der Waals surface area (Å²) in [6, 6.07) is 3.50. The molecule has 0 saturated heterocycles. The molecule has 1 nitrogen and oxygen atoms in total. The summed E-state index contributed by atoms with van der Waals surface area (Å²) in [5, 5.41) is 2.58. The van der Waals surface area contributed by atoms with Gasteiger partial charge in [0.25, 0.3) is 5.92 Å². The lowest BCUT2D eigenvalue weighted by atomic mass is 9.98. The number of benzene rings is 1. The summed E-state index contributed by atoms with van der Waals surface area (Å²) in [5.74, 6) is -3.56. The summed E-state index contributed by atoms with van der Waals surface area (Å²) >= 11 is 0. The third-order valence-electron chi connectivity index (χ3n) is 2.13. The van der Waals surface area contributed by atoms with Crippen molar-refractivity contribution in [3.63, 3.8) is 0 Å². The summed E-state index contributed by atoms with van der Waals surface area (Å²) in [5.41, 5.74) is 0.281. The maximum absolute atomic E-state index is 13.1. The van der Waals surface area contributed by atoms with Crippen LogP contribution in [0.3, 0.4) is 0 Å². The van der Waals surface area contributed by atoms with Gasteiger partial charge in [-0.05, 0) is 17.7 Å². The average molecular weight is 187 g/mol. The van der Waals surface area contributed by atoms with Gasteiger partial charge in [-0.3, -0.25) is 0 Å². The molecule has 1 heterocycles. The van der Waals surface area contributed by atoms with Crippen LogP contribution in [0.15, 0.2) is 18.2 Å². The van der Waals surface area contributed by atoms with Gasteiger partial charge in [0.2, 0.25) is 0 Å². The highest BCUT2D eigenvalue weighted by atomic mass is 19.3. The molecule has 70 valence electrons. The van der Waals surface area contributed by atoms with E-state index in [1.165, 1.54) is 12.1 Å². The smallest absolute Gasteiger partial charge is 0.285 e. The van der Waals surface area contributed by atoms with Crippen molar-refractivity contribution in [2.45, 2.75) is 12.5 Å². The van der Waals surface area contributed by atoms with Crippen LogP contribution in [0.4, 0.5) is 13.2 Å². The molecule has 0 unspecified atom stereocenters. The standard InChI is InChI=1S/C9H8F3N/c10-7-2-1-6-4-13-5-9(11,12)8(6)3-7/h1-3,13H,4-5H2. The van der Waals surface area contributed by atoms with Crippen molar-refractivity contribution in [1.29, 1.82) is 0 Å². The Hall–Kier alpha value is -1.03. The van der Waals surface area contributed by atoms with Crippen LogP contribution in [-0.4, -0.2) is 6.54 Å². The number of halogens is 3. The third kappa shape index (κ3) is 1.42. The fourth-order valence-corrected chi connectivity index (χ4v) is 1.49. The fraction of sp³-hybridized carbons (Fsp3) is 0.333. The number of nitrogens with one attached hydrogen (secondary N) is 1. The molecule has 0 saturated carbocycles. The topological polar surface area (TPSA) is 12.0 Å². The summed E-state index contributed by atoms with van der Waals surface area (Å²) in [6.07, 6.45) is 0. The Balaban J connectivity index is 2.55. The van der Waals surface area contributed by atoms with Crippen molar-refractivity contribution in [1.82, 2.24) is 5.32 Å². The van der Waals surface area contributed by atoms with Gasteiger partial charge in [0, 0.05) is 12.1 Å². The van der Waals surface area contributed by atoms with E-state index in [2.05, 4.69) is 5.32 Å². The molecule has 0 amide bonds. The summed E-state index contributed by atoms with van der Waals surface area (Å²) in [7, 11) is 0. The third-order valence-corrected chi connectivity index (χ3v) is 2.13. The lowest BCUT2D eigenvalue weighted by Gasteiger charge is -2.25. The van der Waals surface area contributed by atoms with Gasteiger partial charge in [0.1, 0.15) is 5.82 Å². The van der Waals surface area contributed by atoms with Crippen molar-refractivity contribution in [2.75, 3.05) is 6.54 Å². The van der Waals surface area contributed by atoms with Crippen LogP contribution >= 0.6 is 0 Å². The molecule has 1 aliphatic rings. The molecule has 2 rings (SSSR count). The Kier molecular flexibility index (Phi) is 1.80. The second-order valence-electron chi connectivity index (χ2n) is 3.11. The van der Waals surface area contributed by atoms with Gasteiger partial charge in [-0.1, -0.05) is 6.07 Å². The number of fused-ring (bicyclic) bond motifs is 1. The highest BCUT2D eigenvalue weighted by Gasteiger charge is 2.36. The summed E-state index contributed by atoms with van der Waals surface area (Å²) in [4.78, 5) is 0. The van der Waals surface area contributed by atoms with E-state index >= 15 is 0 Å². The van der Waals surface area contributed by atoms with Gasteiger partial charge >= 0.3 is 0 Å². The molecular weight excluding hydrogens is 179 g/mol. The SMILES string of the molecule is Fc1ccc2c(c1)C(F)(F)CNC2. The van der Waals surface area contributed by atoms with Crippen molar-refractivity contribution in [2.24, 2.45) is 0 Å². The average Bonchev–Trinajstić information content (AvgIpc) is 2.06. The minimum Gasteiger partial charge on any atom is -0.307 e. The predicted molar refractivity (Wildman–Crippen MR) is 42.0 cm³/mol. The quantitative estimate of drug-likeness (QED) is 0.655. The van der Waals surface area contributed by atoms with Crippen molar-refractivity contribution >= 4 is 0 Å². The van der Waals surface area contributed by atoms with Gasteiger partial charge in [-0.25, -0.2) is 4.39 Å². The molecule has 1 aromatic carbocycles. The molecule has 1 aliphatic heterocycles. The zero-order valence-corrected chi connectivity index (χ0v) is 6.78. The number of hydrogen-bond donors (Lipinski definition) is 1. The first-order chi connectivity index (χ1) is 6.09. The molecule has 0 atom stereocenters. The van der Waals surface area contributed by atoms with Crippen molar-refractivity contribution < 1.29 is 13.2 Å². The number of rotatable bonds is 0. The minimum absolute atomic E-state index is 0.189. The number of alkyl halides is 2. The first kappa shape index (κ1) is 8.56. The predicted octanol–water partition coefficient (Wildman–Crippen LogP) is 2.02. The first-order valence-electron chi connectivity index (χ1n) is 3.97. The summed E-state index contributed by atoms with van der Waals surface area (Å²) in [6.45, 7) is -0.0331. The van der Waals surface area contributed by atoms with E-state index in [9.17, 15) is 13.2 Å². The largest absolute Gasteiger partial charge is 0.307 e. The minimum atomic E-state index is -2.95. The van der Waals surface area contributed by atoms with Crippen LogP contribution in [-0.2, 0) is 12.5 Å². The zero-order chi connectivity index (χ0) is 9.47. The van der Waals surface area contributed by atoms with E-state index in [1.54, 1.807) is 0 Å². The molecule has 0 radical (unpaired) electrons. The lowest BCUT2D eigenvalue weighted by molar-refractivity contribution is -0.0111. The fourth-order valence-electron chi connectivity index (χ4n) is 1.49. The van der Waals surface area contributed by atoms with E-state index < -0.39 is 18.3 Å². The molecule has 0 aliphatic carbocycles. The Morgan fingerprint density at radius 1 is 1.31 bits per heavy atom. The van der Waals surface area contributed by atoms with Crippen LogP contribution in [0, 0.1) is 5.82 Å². The molecule has 0 aromatic heterocycles. The van der Waals surface area contributed by atoms with Gasteiger partial charge in [0.15, 0.2) is 0 Å². The zero-order valence-electron chi connectivity index (χ0n) is 6.78. The molecule has 0 fully saturated rings. The van der Waals surface area contributed by atoms with Crippen LogP contribution < -0.4 is 5.32 Å². The van der Waals surface area contributed by atoms with E-state index in [0.717, 1.165) is 6.07 Å². The van der Waals surface area contributed by atoms with Crippen LogP contribution in [0.25, 0.3) is 0 Å². The van der Waals surface area contributed by atoms with Gasteiger partial charge in [0.05, 0.1) is 6.54 Å². The van der Waals surface area contributed by atoms with Gasteiger partial charge in [-0.15, -0.1) is 0 Å². The van der Waals surface area contributed by atoms with Crippen molar-refractivity contribution in [3.05, 3.63) is 35.1 Å². The Bertz CT molecular complexity index is 336. The molecule has 13 heavy (non-hydrogen) atoms. The number of hydrogen-bond acceptors (Lipinski definition) is 1. The molecule has 4 heteroatoms. The molecule has 1 aromatic rings. The normalized spacial score (nSPS) is 19.6. The molecule has 0 bridgehead atoms. The van der Waals surface area contributed by atoms with E-state index in [0.29, 0.717) is 12.1 Å². The van der Waals surface area contributed by atoms with Gasteiger partial charge in [-0.2, -0.15) is 8.78 Å². The van der Waals surface area contributed by atoms with Crippen LogP contribution in [0.1, 0.15) is 11.1 Å². The Morgan fingerprint density at radius 3 is 2.85 bits per heavy atom. The lowest BCUT2D eigenvalue weighted by Crippen LogP contribution is -2.36. The second kappa shape index (κ2) is 2.73. The van der Waals surface area contributed by atoms with E-state index in [1.807, 2.05) is 0 Å². The van der Waals surface area contributed by atoms with E-state index in [-0.39, 0.29) is 5.56 Å². The van der Waals surface area contributed by atoms with Gasteiger partial charge < -0.3 is 5.32 Å². The monoisotopic (exact) mass is 187 g/mol. The Labute approximate surface area is 73.6 Å². The summed E-state index contributed by atoms with van der Waals surface area (Å²) < 4.78 is 39.0. The highest BCUT2D eigenvalue weighted by molar-refractivity contribution is 5.33. The van der Waals surface area contributed by atoms with E-state index in [4.69, 9.17) is 0 Å². The highest BCUT2D eigenvalue weighted by Crippen LogP contribution is 2.33. The molecule has 1 N–H and O–H groups in total. The molecular formula is C9H8F3N. The first-order valence-corrected chi connectivity index (χ1v) is 3.97. The van der Waals surface area contributed by atoms with Crippen LogP contribution in [0.5, 0.6) is 0 Å². The second-order valence-corrected chi connectivity index (χ2v) is 3.11.